The summed E-state index contributed by atoms with van der Waals surface area (Å²) in [5.41, 5.74) is 4.06. The molecule has 0 bridgehead atoms. The molecule has 2 N–H and O–H groups in total. The smallest absolute Gasteiger partial charge is 0.271 e. The molecule has 0 radical (unpaired) electrons. The highest BCUT2D eigenvalue weighted by Crippen LogP contribution is 2.34. The molecule has 1 saturated heterocycles. The number of ketones is 1. The molecule has 1 fully saturated rings. The molecule has 2 aromatic heterocycles. The van der Waals surface area contributed by atoms with Gasteiger partial charge >= 0.3 is 0 Å². The van der Waals surface area contributed by atoms with Gasteiger partial charge in [0.05, 0.1) is 6.20 Å². The highest BCUT2D eigenvalue weighted by molar-refractivity contribution is 5.97. The molecule has 4 rings (SSSR count). The maximum Gasteiger partial charge on any atom is 0.271 e. The summed E-state index contributed by atoms with van der Waals surface area (Å²) in [6.07, 6.45) is 3.60. The maximum absolute atomic E-state index is 12.6. The van der Waals surface area contributed by atoms with Crippen molar-refractivity contribution in [1.29, 1.82) is 0 Å². The Bertz CT molecular complexity index is 952. The number of H-pyrrole nitrogens is 2. The van der Waals surface area contributed by atoms with Crippen molar-refractivity contribution in [3.8, 4) is 11.1 Å². The van der Waals surface area contributed by atoms with Gasteiger partial charge in [0, 0.05) is 37.2 Å². The highest BCUT2D eigenvalue weighted by Gasteiger charge is 2.28. The van der Waals surface area contributed by atoms with Crippen LogP contribution in [-0.4, -0.2) is 50.1 Å². The summed E-state index contributed by atoms with van der Waals surface area (Å²) in [6, 6.07) is 11.7. The number of rotatable bonds is 4. The van der Waals surface area contributed by atoms with Crippen LogP contribution >= 0.6 is 0 Å². The van der Waals surface area contributed by atoms with Crippen molar-refractivity contribution in [3.05, 3.63) is 59.7 Å². The lowest BCUT2D eigenvalue weighted by Crippen LogP contribution is -2.38. The fraction of sp³-hybridized carbons (Fsp3) is 0.300. The number of amides is 1. The lowest BCUT2D eigenvalue weighted by atomic mass is 9.89. The first-order valence-corrected chi connectivity index (χ1v) is 9.08. The van der Waals surface area contributed by atoms with Crippen LogP contribution < -0.4 is 0 Å². The number of likely N-dealkylation sites (tertiary alicyclic amines) is 1. The Hall–Kier alpha value is -3.22. The van der Waals surface area contributed by atoms with Gasteiger partial charge in [-0.05, 0) is 24.5 Å². The molecular formula is C20H21N5O2. The van der Waals surface area contributed by atoms with Crippen LogP contribution in [0.4, 0.5) is 0 Å². The van der Waals surface area contributed by atoms with E-state index in [0.29, 0.717) is 24.7 Å². The standard InChI is InChI=1S/C20H21N5O2/c1-13(26)17-11-18(23-22-17)20(27)25-9-7-15(8-10-25)19-16(12-21-24-19)14-5-3-2-4-6-14/h2-6,11-12,15H,7-10H2,1H3,(H,21,24)(H,22,23). The van der Waals surface area contributed by atoms with E-state index in [2.05, 4.69) is 32.5 Å². The summed E-state index contributed by atoms with van der Waals surface area (Å²) in [6.45, 7) is 2.75. The van der Waals surface area contributed by atoms with Gasteiger partial charge in [0.25, 0.3) is 5.91 Å². The zero-order chi connectivity index (χ0) is 18.8. The summed E-state index contributed by atoms with van der Waals surface area (Å²) in [7, 11) is 0. The molecule has 0 spiro atoms. The number of aromatic nitrogens is 4. The number of benzene rings is 1. The first-order chi connectivity index (χ1) is 13.1. The van der Waals surface area contributed by atoms with Gasteiger partial charge in [-0.25, -0.2) is 0 Å². The summed E-state index contributed by atoms with van der Waals surface area (Å²) < 4.78 is 0. The molecule has 1 aliphatic rings. The predicted molar refractivity (Wildman–Crippen MR) is 100 cm³/mol. The molecule has 1 aromatic carbocycles. The van der Waals surface area contributed by atoms with E-state index in [-0.39, 0.29) is 17.4 Å². The molecule has 27 heavy (non-hydrogen) atoms. The van der Waals surface area contributed by atoms with Gasteiger partial charge in [-0.2, -0.15) is 10.2 Å². The van der Waals surface area contributed by atoms with Crippen LogP contribution in [0.25, 0.3) is 11.1 Å². The largest absolute Gasteiger partial charge is 0.337 e. The second-order valence-electron chi connectivity index (χ2n) is 6.85. The van der Waals surface area contributed by atoms with E-state index in [1.807, 2.05) is 29.3 Å². The van der Waals surface area contributed by atoms with Gasteiger partial charge in [-0.1, -0.05) is 30.3 Å². The van der Waals surface area contributed by atoms with Crippen molar-refractivity contribution < 1.29 is 9.59 Å². The summed E-state index contributed by atoms with van der Waals surface area (Å²) in [5.74, 6) is 0.0688. The molecular weight excluding hydrogens is 342 g/mol. The molecule has 3 heterocycles. The topological polar surface area (TPSA) is 94.7 Å². The van der Waals surface area contributed by atoms with Crippen LogP contribution in [0.5, 0.6) is 0 Å². The number of carbonyl (C=O) groups is 2. The third-order valence-electron chi connectivity index (χ3n) is 5.11. The minimum atomic E-state index is -0.156. The van der Waals surface area contributed by atoms with Crippen molar-refractivity contribution in [2.24, 2.45) is 0 Å². The monoisotopic (exact) mass is 363 g/mol. The molecule has 1 amide bonds. The minimum Gasteiger partial charge on any atom is -0.337 e. The van der Waals surface area contributed by atoms with Crippen LogP contribution in [0.3, 0.4) is 0 Å². The quantitative estimate of drug-likeness (QED) is 0.697. The van der Waals surface area contributed by atoms with E-state index in [1.165, 1.54) is 13.0 Å². The maximum atomic E-state index is 12.6. The van der Waals surface area contributed by atoms with E-state index in [1.54, 1.807) is 0 Å². The predicted octanol–water partition coefficient (Wildman–Crippen LogP) is 3.02. The van der Waals surface area contributed by atoms with Gasteiger partial charge in [0.15, 0.2) is 5.78 Å². The van der Waals surface area contributed by atoms with Crippen molar-refractivity contribution in [2.45, 2.75) is 25.7 Å². The zero-order valence-electron chi connectivity index (χ0n) is 15.1. The molecule has 0 unspecified atom stereocenters. The Morgan fingerprint density at radius 2 is 1.85 bits per heavy atom. The molecule has 138 valence electrons. The Balaban J connectivity index is 1.44. The van der Waals surface area contributed by atoms with Crippen LogP contribution in [0.2, 0.25) is 0 Å². The number of hydrogen-bond donors (Lipinski definition) is 2. The number of nitrogens with one attached hydrogen (secondary N) is 2. The third-order valence-corrected chi connectivity index (χ3v) is 5.11. The summed E-state index contributed by atoms with van der Waals surface area (Å²) in [5, 5.41) is 14.0. The third kappa shape index (κ3) is 3.40. The SMILES string of the molecule is CC(=O)c1cc(C(=O)N2CCC(c3[nH]ncc3-c3ccccc3)CC2)[nH]n1. The van der Waals surface area contributed by atoms with Crippen LogP contribution in [-0.2, 0) is 0 Å². The molecule has 3 aromatic rings. The van der Waals surface area contributed by atoms with Gasteiger partial charge in [0.2, 0.25) is 0 Å². The molecule has 1 aliphatic heterocycles. The van der Waals surface area contributed by atoms with Crippen molar-refractivity contribution >= 4 is 11.7 Å². The fourth-order valence-corrected chi connectivity index (χ4v) is 3.61. The first kappa shape index (κ1) is 17.2. The number of aromatic amines is 2. The zero-order valence-corrected chi connectivity index (χ0v) is 15.1. The van der Waals surface area contributed by atoms with Crippen molar-refractivity contribution in [3.63, 3.8) is 0 Å². The lowest BCUT2D eigenvalue weighted by molar-refractivity contribution is 0.0706. The number of hydrogen-bond acceptors (Lipinski definition) is 4. The Morgan fingerprint density at radius 3 is 2.52 bits per heavy atom. The second kappa shape index (κ2) is 7.19. The molecule has 7 heteroatoms. The first-order valence-electron chi connectivity index (χ1n) is 9.08. The number of Topliss-reactive ketones (excluding diaryl/α,β-unsaturated/α-hetero) is 1. The van der Waals surface area contributed by atoms with E-state index in [0.717, 1.165) is 29.7 Å². The van der Waals surface area contributed by atoms with E-state index in [4.69, 9.17) is 0 Å². The molecule has 7 nitrogen and oxygen atoms in total. The van der Waals surface area contributed by atoms with Crippen molar-refractivity contribution in [1.82, 2.24) is 25.3 Å². The van der Waals surface area contributed by atoms with E-state index >= 15 is 0 Å². The van der Waals surface area contributed by atoms with Gasteiger partial charge in [-0.3, -0.25) is 19.8 Å². The Labute approximate surface area is 156 Å². The lowest BCUT2D eigenvalue weighted by Gasteiger charge is -2.31. The number of carbonyl (C=O) groups excluding carboxylic acids is 2. The van der Waals surface area contributed by atoms with Gasteiger partial charge < -0.3 is 4.90 Å². The number of piperidine rings is 1. The Kier molecular flexibility index (Phi) is 4.58. The average molecular weight is 363 g/mol. The van der Waals surface area contributed by atoms with Crippen LogP contribution in [0.15, 0.2) is 42.6 Å². The van der Waals surface area contributed by atoms with E-state index in [9.17, 15) is 9.59 Å². The molecule has 0 saturated carbocycles. The van der Waals surface area contributed by atoms with Gasteiger partial charge in [0.1, 0.15) is 11.4 Å². The fourth-order valence-electron chi connectivity index (χ4n) is 3.61. The summed E-state index contributed by atoms with van der Waals surface area (Å²) >= 11 is 0. The molecule has 0 aliphatic carbocycles. The van der Waals surface area contributed by atoms with Gasteiger partial charge in [-0.15, -0.1) is 0 Å². The second-order valence-corrected chi connectivity index (χ2v) is 6.85. The number of nitrogens with zero attached hydrogens (tertiary/aromatic N) is 3. The minimum absolute atomic E-state index is 0.110. The van der Waals surface area contributed by atoms with Crippen LogP contribution in [0, 0.1) is 0 Å². The average Bonchev–Trinajstić information content (AvgIpc) is 3.38. The Morgan fingerprint density at radius 1 is 1.11 bits per heavy atom. The highest BCUT2D eigenvalue weighted by atomic mass is 16.2. The van der Waals surface area contributed by atoms with E-state index < -0.39 is 0 Å². The van der Waals surface area contributed by atoms with Crippen molar-refractivity contribution in [2.75, 3.05) is 13.1 Å². The van der Waals surface area contributed by atoms with Crippen LogP contribution in [0.1, 0.15) is 52.4 Å². The summed E-state index contributed by atoms with van der Waals surface area (Å²) in [4.78, 5) is 25.8. The normalized spacial score (nSPS) is 15.1. The molecule has 0 atom stereocenters.